The Morgan fingerprint density at radius 3 is 2.12 bits per heavy atom. The fourth-order valence-electron chi connectivity index (χ4n) is 0.617. The van der Waals surface area contributed by atoms with Crippen molar-refractivity contribution in [1.29, 1.82) is 0 Å². The van der Waals surface area contributed by atoms with Crippen LogP contribution in [0.3, 0.4) is 0 Å². The Bertz CT molecular complexity index is 278. The van der Waals surface area contributed by atoms with Crippen molar-refractivity contribution >= 4 is 17.9 Å². The molecule has 0 saturated heterocycles. The average Bonchev–Trinajstić information content (AvgIpc) is 2.21. The van der Waals surface area contributed by atoms with Gasteiger partial charge in [-0.05, 0) is 13.3 Å². The number of hydrogen-bond acceptors (Lipinski definition) is 7. The zero-order valence-electron chi connectivity index (χ0n) is 8.71. The van der Waals surface area contributed by atoms with Crippen LogP contribution in [-0.4, -0.2) is 35.1 Å². The number of carboxylic acids is 1. The minimum atomic E-state index is -1.16. The number of nitrogens with two attached hydrogens (primary N) is 2. The lowest BCUT2D eigenvalue weighted by atomic mass is 10.2. The van der Waals surface area contributed by atoms with Gasteiger partial charge in [0.15, 0.2) is 0 Å². The molecule has 0 radical (unpaired) electrons. The van der Waals surface area contributed by atoms with Crippen LogP contribution >= 0.6 is 0 Å². The third-order valence-corrected chi connectivity index (χ3v) is 1.55. The standard InChI is InChI=1S/C8H14N2O6/c1-4(9)7(13)15-16-8(14)5(10)2-3-6(11)12/h4-5H,2-3,9-10H2,1H3,(H,11,12)/t4-,5+/m0/s1. The highest BCUT2D eigenvalue weighted by molar-refractivity contribution is 5.79. The molecule has 92 valence electrons. The first-order valence-electron chi connectivity index (χ1n) is 4.49. The molecular formula is C8H14N2O6. The van der Waals surface area contributed by atoms with Crippen molar-refractivity contribution in [2.75, 3.05) is 0 Å². The van der Waals surface area contributed by atoms with Gasteiger partial charge in [-0.25, -0.2) is 19.4 Å². The van der Waals surface area contributed by atoms with Crippen molar-refractivity contribution < 1.29 is 29.3 Å². The van der Waals surface area contributed by atoms with Crippen molar-refractivity contribution in [3.8, 4) is 0 Å². The number of carboxylic acid groups (broad SMARTS) is 1. The van der Waals surface area contributed by atoms with Gasteiger partial charge >= 0.3 is 17.9 Å². The SMILES string of the molecule is C[C@H](N)C(=O)OOC(=O)[C@H](N)CCC(=O)O. The summed E-state index contributed by atoms with van der Waals surface area (Å²) in [6.45, 7) is 1.35. The number of carbonyl (C=O) groups excluding carboxylic acids is 2. The van der Waals surface area contributed by atoms with Crippen LogP contribution in [0.2, 0.25) is 0 Å². The van der Waals surface area contributed by atoms with E-state index < -0.39 is 30.0 Å². The summed E-state index contributed by atoms with van der Waals surface area (Å²) in [6, 6.07) is -2.08. The molecule has 0 aliphatic rings. The molecule has 0 aliphatic heterocycles. The zero-order chi connectivity index (χ0) is 12.7. The molecule has 8 nitrogen and oxygen atoms in total. The molecule has 0 aromatic rings. The molecule has 0 heterocycles. The lowest BCUT2D eigenvalue weighted by Crippen LogP contribution is -2.35. The van der Waals surface area contributed by atoms with Gasteiger partial charge in [0.2, 0.25) is 0 Å². The quantitative estimate of drug-likeness (QED) is 0.386. The molecule has 0 rings (SSSR count). The summed E-state index contributed by atoms with van der Waals surface area (Å²) < 4.78 is 0. The van der Waals surface area contributed by atoms with E-state index in [1.807, 2.05) is 0 Å². The van der Waals surface area contributed by atoms with Gasteiger partial charge in [0.25, 0.3) is 0 Å². The predicted molar refractivity (Wildman–Crippen MR) is 50.7 cm³/mol. The smallest absolute Gasteiger partial charge is 0.372 e. The molecule has 0 fully saturated rings. The van der Waals surface area contributed by atoms with Gasteiger partial charge < -0.3 is 16.6 Å². The van der Waals surface area contributed by atoms with Crippen LogP contribution in [0.25, 0.3) is 0 Å². The maximum Gasteiger partial charge on any atom is 0.372 e. The highest BCUT2D eigenvalue weighted by atomic mass is 17.2. The van der Waals surface area contributed by atoms with Crippen LogP contribution in [0.5, 0.6) is 0 Å². The second-order valence-electron chi connectivity index (χ2n) is 3.13. The Labute approximate surface area is 91.4 Å². The second-order valence-corrected chi connectivity index (χ2v) is 3.13. The van der Waals surface area contributed by atoms with E-state index in [0.29, 0.717) is 0 Å². The topological polar surface area (TPSA) is 142 Å². The molecule has 0 aromatic carbocycles. The van der Waals surface area contributed by atoms with Crippen molar-refractivity contribution in [2.45, 2.75) is 31.8 Å². The van der Waals surface area contributed by atoms with E-state index in [4.69, 9.17) is 16.6 Å². The van der Waals surface area contributed by atoms with E-state index in [1.165, 1.54) is 6.92 Å². The van der Waals surface area contributed by atoms with E-state index in [1.54, 1.807) is 0 Å². The van der Waals surface area contributed by atoms with Gasteiger partial charge in [-0.1, -0.05) is 0 Å². The molecule has 0 saturated carbocycles. The van der Waals surface area contributed by atoms with Crippen LogP contribution in [0.1, 0.15) is 19.8 Å². The lowest BCUT2D eigenvalue weighted by molar-refractivity contribution is -0.260. The van der Waals surface area contributed by atoms with Crippen molar-refractivity contribution in [2.24, 2.45) is 11.5 Å². The first-order valence-corrected chi connectivity index (χ1v) is 4.49. The highest BCUT2D eigenvalue weighted by Crippen LogP contribution is 1.98. The molecule has 0 aromatic heterocycles. The van der Waals surface area contributed by atoms with E-state index in [-0.39, 0.29) is 12.8 Å². The van der Waals surface area contributed by atoms with Gasteiger partial charge in [-0.15, -0.1) is 0 Å². The fourth-order valence-corrected chi connectivity index (χ4v) is 0.617. The minimum Gasteiger partial charge on any atom is -0.481 e. The largest absolute Gasteiger partial charge is 0.481 e. The second kappa shape index (κ2) is 6.75. The van der Waals surface area contributed by atoms with Gasteiger partial charge in [0.1, 0.15) is 12.1 Å². The Kier molecular flexibility index (Phi) is 6.04. The van der Waals surface area contributed by atoms with E-state index in [0.717, 1.165) is 0 Å². The third-order valence-electron chi connectivity index (χ3n) is 1.55. The Hall–Kier alpha value is -1.67. The first kappa shape index (κ1) is 14.3. The van der Waals surface area contributed by atoms with Crippen LogP contribution in [-0.2, 0) is 24.2 Å². The van der Waals surface area contributed by atoms with Crippen molar-refractivity contribution in [3.63, 3.8) is 0 Å². The molecule has 0 aliphatic carbocycles. The number of rotatable bonds is 5. The summed E-state index contributed by atoms with van der Waals surface area (Å²) in [5.74, 6) is -3.02. The van der Waals surface area contributed by atoms with E-state index >= 15 is 0 Å². The fraction of sp³-hybridized carbons (Fsp3) is 0.625. The van der Waals surface area contributed by atoms with E-state index in [2.05, 4.69) is 9.78 Å². The van der Waals surface area contributed by atoms with E-state index in [9.17, 15) is 14.4 Å². The minimum absolute atomic E-state index is 0.107. The summed E-state index contributed by atoms with van der Waals surface area (Å²) in [7, 11) is 0. The molecule has 16 heavy (non-hydrogen) atoms. The molecule has 5 N–H and O–H groups in total. The van der Waals surface area contributed by atoms with Gasteiger partial charge in [0.05, 0.1) is 0 Å². The Morgan fingerprint density at radius 1 is 1.19 bits per heavy atom. The summed E-state index contributed by atoms with van der Waals surface area (Å²) in [4.78, 5) is 40.1. The molecule has 8 heteroatoms. The van der Waals surface area contributed by atoms with Crippen LogP contribution in [0.4, 0.5) is 0 Å². The monoisotopic (exact) mass is 234 g/mol. The highest BCUT2D eigenvalue weighted by Gasteiger charge is 2.20. The van der Waals surface area contributed by atoms with Gasteiger partial charge in [-0.3, -0.25) is 4.79 Å². The zero-order valence-corrected chi connectivity index (χ0v) is 8.71. The Balaban J connectivity index is 3.88. The molecule has 0 bridgehead atoms. The maximum absolute atomic E-state index is 11.0. The molecule has 2 atom stereocenters. The van der Waals surface area contributed by atoms with Crippen LogP contribution in [0.15, 0.2) is 0 Å². The van der Waals surface area contributed by atoms with Crippen molar-refractivity contribution in [3.05, 3.63) is 0 Å². The van der Waals surface area contributed by atoms with Crippen molar-refractivity contribution in [1.82, 2.24) is 0 Å². The van der Waals surface area contributed by atoms with Crippen LogP contribution in [0, 0.1) is 0 Å². The summed E-state index contributed by atoms with van der Waals surface area (Å²) in [5, 5.41) is 8.33. The summed E-state index contributed by atoms with van der Waals surface area (Å²) >= 11 is 0. The normalized spacial score (nSPS) is 13.7. The Morgan fingerprint density at radius 2 is 1.69 bits per heavy atom. The van der Waals surface area contributed by atoms with Crippen LogP contribution < -0.4 is 11.5 Å². The lowest BCUT2D eigenvalue weighted by Gasteiger charge is -2.09. The van der Waals surface area contributed by atoms with Gasteiger partial charge in [0, 0.05) is 6.42 Å². The molecule has 0 amide bonds. The predicted octanol–water partition coefficient (Wildman–Crippen LogP) is -1.47. The number of carbonyl (C=O) groups is 3. The number of hydrogen-bond donors (Lipinski definition) is 3. The molecule has 0 spiro atoms. The maximum atomic E-state index is 11.0. The molecular weight excluding hydrogens is 220 g/mol. The molecule has 0 unspecified atom stereocenters. The first-order chi connectivity index (χ1) is 7.34. The summed E-state index contributed by atoms with van der Waals surface area (Å²) in [6.07, 6.45) is -0.387. The summed E-state index contributed by atoms with van der Waals surface area (Å²) in [5.41, 5.74) is 10.4. The number of aliphatic carboxylic acids is 1. The third kappa shape index (κ3) is 5.94. The van der Waals surface area contributed by atoms with Gasteiger partial charge in [-0.2, -0.15) is 0 Å². The average molecular weight is 234 g/mol.